The van der Waals surface area contributed by atoms with Gasteiger partial charge in [-0.15, -0.1) is 0 Å². The molecule has 3 aromatic rings. The molecule has 0 radical (unpaired) electrons. The number of likely N-dealkylation sites (tertiary alicyclic amines) is 1. The average Bonchev–Trinajstić information content (AvgIpc) is 3.16. The number of hydrogen-bond acceptors (Lipinski definition) is 5. The third-order valence-electron chi connectivity index (χ3n) is 4.66. The predicted molar refractivity (Wildman–Crippen MR) is 92.4 cm³/mol. The molecule has 1 aliphatic rings. The van der Waals surface area contributed by atoms with Gasteiger partial charge in [0, 0.05) is 24.8 Å². The van der Waals surface area contributed by atoms with Gasteiger partial charge in [0.25, 0.3) is 5.91 Å². The molecule has 0 aliphatic carbocycles. The van der Waals surface area contributed by atoms with Crippen LogP contribution in [-0.4, -0.2) is 43.6 Å². The van der Waals surface area contributed by atoms with Gasteiger partial charge >= 0.3 is 0 Å². The Labute approximate surface area is 145 Å². The van der Waals surface area contributed by atoms with Gasteiger partial charge in [0.15, 0.2) is 11.3 Å². The van der Waals surface area contributed by atoms with Gasteiger partial charge in [-0.1, -0.05) is 0 Å². The molecule has 7 heteroatoms. The number of furan rings is 1. The maximum absolute atomic E-state index is 12.9. The Bertz CT molecular complexity index is 942. The number of pyridine rings is 1. The molecule has 0 spiro atoms. The summed E-state index contributed by atoms with van der Waals surface area (Å²) >= 11 is 0. The molecule has 0 N–H and O–H groups in total. The minimum atomic E-state index is -0.0881. The average molecular weight is 339 g/mol. The molecular formula is C18H21N5O2. The lowest BCUT2D eigenvalue weighted by Crippen LogP contribution is -2.41. The number of aromatic nitrogens is 4. The molecule has 3 aromatic heterocycles. The first-order valence-corrected chi connectivity index (χ1v) is 8.57. The van der Waals surface area contributed by atoms with Crippen LogP contribution in [0.2, 0.25) is 0 Å². The van der Waals surface area contributed by atoms with E-state index in [-0.39, 0.29) is 11.9 Å². The molecule has 4 rings (SSSR count). The molecule has 1 amide bonds. The van der Waals surface area contributed by atoms with Crippen LogP contribution < -0.4 is 0 Å². The first kappa shape index (κ1) is 15.8. The van der Waals surface area contributed by atoms with Gasteiger partial charge in [0.05, 0.1) is 6.04 Å². The Morgan fingerprint density at radius 3 is 2.84 bits per heavy atom. The van der Waals surface area contributed by atoms with E-state index in [4.69, 9.17) is 4.42 Å². The molecule has 25 heavy (non-hydrogen) atoms. The molecular weight excluding hydrogens is 318 g/mol. The van der Waals surface area contributed by atoms with Crippen LogP contribution in [0.15, 0.2) is 22.6 Å². The van der Waals surface area contributed by atoms with Crippen molar-refractivity contribution >= 4 is 17.0 Å². The molecule has 4 heterocycles. The number of carbonyl (C=O) groups is 1. The zero-order chi connectivity index (χ0) is 17.6. The van der Waals surface area contributed by atoms with E-state index in [1.54, 1.807) is 6.07 Å². The fourth-order valence-corrected chi connectivity index (χ4v) is 3.51. The number of amides is 1. The van der Waals surface area contributed by atoms with Crippen LogP contribution in [0, 0.1) is 20.8 Å². The quantitative estimate of drug-likeness (QED) is 0.717. The minimum absolute atomic E-state index is 0.0881. The standard InChI is InChI=1S/C18H21N5O2/c1-11-6-7-16-15(19-11)9-17(25-16)18(24)22-8-4-5-14(10-22)23-13(3)20-12(2)21-23/h6-7,9,14H,4-5,8,10H2,1-3H3/t14-/m0/s1. The van der Waals surface area contributed by atoms with Gasteiger partial charge in [-0.2, -0.15) is 5.10 Å². The molecule has 0 aromatic carbocycles. The molecule has 0 unspecified atom stereocenters. The fourth-order valence-electron chi connectivity index (χ4n) is 3.51. The second kappa shape index (κ2) is 5.98. The summed E-state index contributed by atoms with van der Waals surface area (Å²) in [5.74, 6) is 1.91. The largest absolute Gasteiger partial charge is 0.449 e. The molecule has 1 saturated heterocycles. The second-order valence-electron chi connectivity index (χ2n) is 6.64. The van der Waals surface area contributed by atoms with Gasteiger partial charge in [0.1, 0.15) is 17.2 Å². The Morgan fingerprint density at radius 1 is 1.24 bits per heavy atom. The maximum atomic E-state index is 12.9. The summed E-state index contributed by atoms with van der Waals surface area (Å²) in [6.45, 7) is 7.11. The second-order valence-corrected chi connectivity index (χ2v) is 6.64. The van der Waals surface area contributed by atoms with Crippen LogP contribution >= 0.6 is 0 Å². The Balaban J connectivity index is 1.57. The number of rotatable bonds is 2. The van der Waals surface area contributed by atoms with Crippen LogP contribution in [0.1, 0.15) is 46.8 Å². The number of fused-ring (bicyclic) bond motifs is 1. The van der Waals surface area contributed by atoms with Gasteiger partial charge in [-0.3, -0.25) is 4.79 Å². The highest BCUT2D eigenvalue weighted by atomic mass is 16.3. The van der Waals surface area contributed by atoms with Gasteiger partial charge in [-0.25, -0.2) is 14.6 Å². The molecule has 0 bridgehead atoms. The Hall–Kier alpha value is -2.70. The highest BCUT2D eigenvalue weighted by Crippen LogP contribution is 2.25. The number of nitrogens with zero attached hydrogens (tertiary/aromatic N) is 5. The Kier molecular flexibility index (Phi) is 3.78. The minimum Gasteiger partial charge on any atom is -0.449 e. The van der Waals surface area contributed by atoms with Gasteiger partial charge < -0.3 is 9.32 Å². The van der Waals surface area contributed by atoms with Crippen molar-refractivity contribution in [2.45, 2.75) is 39.7 Å². The normalized spacial score (nSPS) is 18.0. The summed E-state index contributed by atoms with van der Waals surface area (Å²) in [5.41, 5.74) is 2.27. The van der Waals surface area contributed by atoms with Crippen LogP contribution in [-0.2, 0) is 0 Å². The summed E-state index contributed by atoms with van der Waals surface area (Å²) in [6.07, 6.45) is 1.93. The third kappa shape index (κ3) is 2.90. The van der Waals surface area contributed by atoms with Crippen molar-refractivity contribution in [1.82, 2.24) is 24.6 Å². The molecule has 1 atom stereocenters. The van der Waals surface area contributed by atoms with Crippen LogP contribution in [0.4, 0.5) is 0 Å². The van der Waals surface area contributed by atoms with Crippen molar-refractivity contribution in [3.8, 4) is 0 Å². The van der Waals surface area contributed by atoms with Crippen molar-refractivity contribution in [3.63, 3.8) is 0 Å². The number of piperidine rings is 1. The lowest BCUT2D eigenvalue weighted by Gasteiger charge is -2.32. The molecule has 1 aliphatic heterocycles. The maximum Gasteiger partial charge on any atom is 0.289 e. The predicted octanol–water partition coefficient (Wildman–Crippen LogP) is 2.82. The summed E-state index contributed by atoms with van der Waals surface area (Å²) in [7, 11) is 0. The van der Waals surface area contributed by atoms with Crippen molar-refractivity contribution in [2.75, 3.05) is 13.1 Å². The first-order valence-electron chi connectivity index (χ1n) is 8.57. The fraction of sp³-hybridized carbons (Fsp3) is 0.444. The van der Waals surface area contributed by atoms with Crippen molar-refractivity contribution < 1.29 is 9.21 Å². The van der Waals surface area contributed by atoms with E-state index >= 15 is 0 Å². The van der Waals surface area contributed by atoms with Crippen LogP contribution in [0.3, 0.4) is 0 Å². The summed E-state index contributed by atoms with van der Waals surface area (Å²) in [6, 6.07) is 5.63. The first-order chi connectivity index (χ1) is 12.0. The van der Waals surface area contributed by atoms with Crippen LogP contribution in [0.25, 0.3) is 11.1 Å². The zero-order valence-electron chi connectivity index (χ0n) is 14.7. The molecule has 130 valence electrons. The number of hydrogen-bond donors (Lipinski definition) is 0. The van der Waals surface area contributed by atoms with Crippen LogP contribution in [0.5, 0.6) is 0 Å². The van der Waals surface area contributed by atoms with E-state index in [0.717, 1.165) is 42.2 Å². The van der Waals surface area contributed by atoms with Crippen molar-refractivity contribution in [3.05, 3.63) is 41.3 Å². The summed E-state index contributed by atoms with van der Waals surface area (Å²) < 4.78 is 7.66. The summed E-state index contributed by atoms with van der Waals surface area (Å²) in [5, 5.41) is 4.48. The lowest BCUT2D eigenvalue weighted by molar-refractivity contribution is 0.0641. The van der Waals surface area contributed by atoms with Gasteiger partial charge in [0.2, 0.25) is 0 Å². The van der Waals surface area contributed by atoms with E-state index in [0.29, 0.717) is 17.9 Å². The summed E-state index contributed by atoms with van der Waals surface area (Å²) in [4.78, 5) is 23.5. The van der Waals surface area contributed by atoms with Crippen molar-refractivity contribution in [2.24, 2.45) is 0 Å². The lowest BCUT2D eigenvalue weighted by atomic mass is 10.1. The number of aryl methyl sites for hydroxylation is 3. The highest BCUT2D eigenvalue weighted by Gasteiger charge is 2.29. The number of carbonyl (C=O) groups excluding carboxylic acids is 1. The van der Waals surface area contributed by atoms with E-state index in [1.165, 1.54) is 0 Å². The zero-order valence-corrected chi connectivity index (χ0v) is 14.7. The Morgan fingerprint density at radius 2 is 2.08 bits per heavy atom. The highest BCUT2D eigenvalue weighted by molar-refractivity contribution is 5.95. The smallest absolute Gasteiger partial charge is 0.289 e. The third-order valence-corrected chi connectivity index (χ3v) is 4.66. The van der Waals surface area contributed by atoms with Gasteiger partial charge in [-0.05, 0) is 45.7 Å². The molecule has 1 fully saturated rings. The van der Waals surface area contributed by atoms with Crippen molar-refractivity contribution in [1.29, 1.82) is 0 Å². The van der Waals surface area contributed by atoms with E-state index < -0.39 is 0 Å². The van der Waals surface area contributed by atoms with E-state index in [2.05, 4.69) is 15.1 Å². The SMILES string of the molecule is Cc1ccc2oc(C(=O)N3CCC[C@H](n4nc(C)nc4C)C3)cc2n1. The monoisotopic (exact) mass is 339 g/mol. The molecule has 0 saturated carbocycles. The van der Waals surface area contributed by atoms with E-state index in [1.807, 2.05) is 42.5 Å². The topological polar surface area (TPSA) is 77.0 Å². The van der Waals surface area contributed by atoms with E-state index in [9.17, 15) is 4.79 Å². The molecule has 7 nitrogen and oxygen atoms in total.